The minimum atomic E-state index is -4.78. The lowest BCUT2D eigenvalue weighted by Crippen LogP contribution is -2.10. The highest BCUT2D eigenvalue weighted by atomic mass is 19.4. The molecule has 0 N–H and O–H groups in total. The van der Waals surface area contributed by atoms with Gasteiger partial charge in [-0.05, 0) is 59.7 Å². The summed E-state index contributed by atoms with van der Waals surface area (Å²) >= 11 is 0. The summed E-state index contributed by atoms with van der Waals surface area (Å²) < 4.78 is 49.1. The zero-order valence-electron chi connectivity index (χ0n) is 35.5. The van der Waals surface area contributed by atoms with Crippen molar-refractivity contribution in [2.45, 2.75) is 6.18 Å². The molecule has 0 radical (unpaired) electrons. The van der Waals surface area contributed by atoms with Gasteiger partial charge in [-0.2, -0.15) is 18.4 Å². The quantitative estimate of drug-likeness (QED) is 0.152. The number of nitrogens with zero attached hydrogens (tertiary/aromatic N) is 6. The van der Waals surface area contributed by atoms with Crippen LogP contribution in [-0.2, 0) is 6.18 Å². The van der Waals surface area contributed by atoms with Crippen LogP contribution in [0.3, 0.4) is 0 Å². The van der Waals surface area contributed by atoms with Gasteiger partial charge in [-0.3, -0.25) is 0 Å². The van der Waals surface area contributed by atoms with Crippen LogP contribution in [0.1, 0.15) is 11.1 Å². The van der Waals surface area contributed by atoms with Gasteiger partial charge in [0.25, 0.3) is 0 Å². The molecular formula is C58H35F3N6. The van der Waals surface area contributed by atoms with Gasteiger partial charge in [0.05, 0.1) is 56.7 Å². The van der Waals surface area contributed by atoms with Gasteiger partial charge in [0, 0.05) is 44.2 Å². The van der Waals surface area contributed by atoms with E-state index >= 15 is 13.2 Å². The van der Waals surface area contributed by atoms with Crippen molar-refractivity contribution in [2.24, 2.45) is 0 Å². The van der Waals surface area contributed by atoms with E-state index in [0.717, 1.165) is 44.1 Å². The highest BCUT2D eigenvalue weighted by Gasteiger charge is 2.35. The van der Waals surface area contributed by atoms with E-state index in [1.807, 2.05) is 187 Å². The van der Waals surface area contributed by atoms with Crippen molar-refractivity contribution < 1.29 is 13.2 Å². The van der Waals surface area contributed by atoms with Gasteiger partial charge in [0.2, 0.25) is 0 Å². The van der Waals surface area contributed by atoms with Crippen LogP contribution in [-0.4, -0.2) is 24.5 Å². The second-order valence-electron chi connectivity index (χ2n) is 16.0. The number of rotatable bonds is 8. The maximum Gasteiger partial charge on any atom is 0.416 e. The number of aromatic nitrogens is 5. The van der Waals surface area contributed by atoms with Gasteiger partial charge >= 0.3 is 6.18 Å². The molecule has 0 saturated carbocycles. The minimum Gasteiger partial charge on any atom is -0.308 e. The highest BCUT2D eigenvalue weighted by Crippen LogP contribution is 2.46. The third-order valence-electron chi connectivity index (χ3n) is 11.9. The topological polar surface area (TPSA) is 80.3 Å². The number of hydrogen-bond acceptors (Lipinski definition) is 5. The zero-order chi connectivity index (χ0) is 45.5. The van der Waals surface area contributed by atoms with Crippen molar-refractivity contribution in [3.8, 4) is 90.7 Å². The Bertz CT molecular complexity index is 3410. The Kier molecular flexibility index (Phi) is 10.2. The number of nitriles is 1. The van der Waals surface area contributed by atoms with E-state index in [2.05, 4.69) is 6.07 Å². The van der Waals surface area contributed by atoms with Gasteiger partial charge in [0.1, 0.15) is 0 Å². The molecule has 11 rings (SSSR count). The number of benzene rings is 8. The molecule has 3 aromatic heterocycles. The summed E-state index contributed by atoms with van der Waals surface area (Å²) in [7, 11) is 0. The van der Waals surface area contributed by atoms with Crippen LogP contribution >= 0.6 is 0 Å². The normalized spacial score (nSPS) is 11.5. The Hall–Kier alpha value is -9.00. The van der Waals surface area contributed by atoms with Gasteiger partial charge in [0.15, 0.2) is 11.6 Å². The molecule has 6 nitrogen and oxygen atoms in total. The van der Waals surface area contributed by atoms with Crippen LogP contribution in [0.2, 0.25) is 0 Å². The van der Waals surface area contributed by atoms with E-state index in [4.69, 9.17) is 19.9 Å². The van der Waals surface area contributed by atoms with Gasteiger partial charge in [-0.15, -0.1) is 0 Å². The standard InChI is InChI=1S/C58H35F3N6/c59-58(60,61)43-32-47(51-34-49(37-17-5-1-6-18-37)63-56(65-51)39-21-9-3-10-22-39)55(48(33-43)52-35-50(38-19-7-2-8-20-38)64-57(66-52)40-23-11-4-12-24-40)67-53-28-16-15-27-45(53)46-31-41(29-30-54(46)67)44-26-14-13-25-42(44)36-62/h1-35H. The summed E-state index contributed by atoms with van der Waals surface area (Å²) in [6.07, 6.45) is -4.78. The van der Waals surface area contributed by atoms with E-state index in [9.17, 15) is 5.26 Å². The molecule has 67 heavy (non-hydrogen) atoms. The zero-order valence-corrected chi connectivity index (χ0v) is 35.5. The van der Waals surface area contributed by atoms with Gasteiger partial charge < -0.3 is 4.57 Å². The van der Waals surface area contributed by atoms with Crippen molar-refractivity contribution in [1.82, 2.24) is 24.5 Å². The largest absolute Gasteiger partial charge is 0.416 e. The second kappa shape index (κ2) is 16.8. The molecule has 0 aliphatic heterocycles. The monoisotopic (exact) mass is 872 g/mol. The van der Waals surface area contributed by atoms with Crippen molar-refractivity contribution in [3.05, 3.63) is 223 Å². The van der Waals surface area contributed by atoms with Gasteiger partial charge in [-0.1, -0.05) is 164 Å². The fraction of sp³-hybridized carbons (Fsp3) is 0.0172. The van der Waals surface area contributed by atoms with Crippen LogP contribution < -0.4 is 0 Å². The smallest absolute Gasteiger partial charge is 0.308 e. The fourth-order valence-electron chi connectivity index (χ4n) is 8.76. The van der Waals surface area contributed by atoms with E-state index in [1.165, 1.54) is 12.1 Å². The lowest BCUT2D eigenvalue weighted by atomic mass is 9.95. The molecule has 8 aromatic carbocycles. The molecule has 0 fully saturated rings. The Morgan fingerprint density at radius 1 is 0.388 bits per heavy atom. The molecule has 9 heteroatoms. The molecule has 0 unspecified atom stereocenters. The van der Waals surface area contributed by atoms with E-state index in [0.29, 0.717) is 45.4 Å². The summed E-state index contributed by atoms with van der Waals surface area (Å²) in [5, 5.41) is 11.8. The lowest BCUT2D eigenvalue weighted by molar-refractivity contribution is -0.137. The average Bonchev–Trinajstić information content (AvgIpc) is 3.72. The van der Waals surface area contributed by atoms with E-state index in [1.54, 1.807) is 18.2 Å². The van der Waals surface area contributed by atoms with Crippen LogP contribution in [0.4, 0.5) is 13.2 Å². The minimum absolute atomic E-state index is 0.212. The first-order valence-electron chi connectivity index (χ1n) is 21.6. The van der Waals surface area contributed by atoms with E-state index < -0.39 is 11.7 Å². The molecule has 11 aromatic rings. The third-order valence-corrected chi connectivity index (χ3v) is 11.9. The highest BCUT2D eigenvalue weighted by molar-refractivity contribution is 6.12. The Morgan fingerprint density at radius 3 is 1.36 bits per heavy atom. The maximum atomic E-state index is 15.7. The molecule has 0 bridgehead atoms. The first kappa shape index (κ1) is 40.8. The molecule has 0 amide bonds. The number of hydrogen-bond donors (Lipinski definition) is 0. The molecule has 3 heterocycles. The van der Waals surface area contributed by atoms with Crippen molar-refractivity contribution >= 4 is 21.8 Å². The summed E-state index contributed by atoms with van der Waals surface area (Å²) in [6, 6.07) is 67.5. The Morgan fingerprint density at radius 2 is 0.836 bits per heavy atom. The van der Waals surface area contributed by atoms with Crippen LogP contribution in [0.15, 0.2) is 212 Å². The van der Waals surface area contributed by atoms with Gasteiger partial charge in [-0.25, -0.2) is 19.9 Å². The molecule has 0 atom stereocenters. The van der Waals surface area contributed by atoms with Crippen LogP contribution in [0.5, 0.6) is 0 Å². The SMILES string of the molecule is N#Cc1ccccc1-c1ccc2c(c1)c1ccccc1n2-c1c(-c2cc(-c3ccccc3)nc(-c3ccccc3)n2)cc(C(F)(F)F)cc1-c1cc(-c2ccccc2)nc(-c2ccccc2)n1. The first-order valence-corrected chi connectivity index (χ1v) is 21.6. The predicted molar refractivity (Wildman–Crippen MR) is 260 cm³/mol. The number of alkyl halides is 3. The molecule has 0 saturated heterocycles. The fourth-order valence-corrected chi connectivity index (χ4v) is 8.76. The third kappa shape index (κ3) is 7.66. The Labute approximate surface area is 383 Å². The molecular weight excluding hydrogens is 838 g/mol. The molecule has 318 valence electrons. The first-order chi connectivity index (χ1) is 32.8. The predicted octanol–water partition coefficient (Wildman–Crippen LogP) is 14.9. The summed E-state index contributed by atoms with van der Waals surface area (Å²) in [5.74, 6) is 0.703. The number of fused-ring (bicyclic) bond motifs is 3. The van der Waals surface area contributed by atoms with Crippen molar-refractivity contribution in [3.63, 3.8) is 0 Å². The average molecular weight is 873 g/mol. The Balaban J connectivity index is 1.30. The lowest BCUT2D eigenvalue weighted by Gasteiger charge is -2.22. The second-order valence-corrected chi connectivity index (χ2v) is 16.0. The molecule has 0 aliphatic rings. The van der Waals surface area contributed by atoms with Crippen LogP contribution in [0.25, 0.3) is 106 Å². The molecule has 0 aliphatic carbocycles. The van der Waals surface area contributed by atoms with Crippen LogP contribution in [0, 0.1) is 11.3 Å². The number of halogens is 3. The van der Waals surface area contributed by atoms with E-state index in [-0.39, 0.29) is 22.5 Å². The molecule has 0 spiro atoms. The maximum absolute atomic E-state index is 15.7. The summed E-state index contributed by atoms with van der Waals surface area (Å²) in [6.45, 7) is 0. The van der Waals surface area contributed by atoms with Crippen molar-refractivity contribution in [2.75, 3.05) is 0 Å². The number of para-hydroxylation sites is 1. The summed E-state index contributed by atoms with van der Waals surface area (Å²) in [4.78, 5) is 20.3. The summed E-state index contributed by atoms with van der Waals surface area (Å²) in [5.41, 5.74) is 8.15. The van der Waals surface area contributed by atoms with Crippen molar-refractivity contribution in [1.29, 1.82) is 5.26 Å².